The molecular weight excluding hydrogens is 202 g/mol. The Kier molecular flexibility index (Phi) is 5.29. The normalized spacial score (nSPS) is 11.1. The van der Waals surface area contributed by atoms with Crippen LogP contribution in [0, 0.1) is 0 Å². The first kappa shape index (κ1) is 13.0. The van der Waals surface area contributed by atoms with E-state index in [1.807, 2.05) is 12.1 Å². The standard InChI is InChI=1S/C13H21NO2/c1-11(2)14(8-9-15)10-12-4-6-13(16-3)7-5-12/h4-7,11,15H,8-10H2,1-3H3. The molecule has 16 heavy (non-hydrogen) atoms. The molecule has 1 aromatic carbocycles. The van der Waals surface area contributed by atoms with E-state index >= 15 is 0 Å². The molecule has 0 aliphatic heterocycles. The lowest BCUT2D eigenvalue weighted by Crippen LogP contribution is -2.32. The molecule has 0 aromatic heterocycles. The van der Waals surface area contributed by atoms with Gasteiger partial charge in [-0.25, -0.2) is 0 Å². The lowest BCUT2D eigenvalue weighted by atomic mass is 10.2. The Bertz CT molecular complexity index is 295. The minimum Gasteiger partial charge on any atom is -0.497 e. The first-order chi connectivity index (χ1) is 7.67. The predicted molar refractivity (Wildman–Crippen MR) is 65.6 cm³/mol. The average Bonchev–Trinajstić information content (AvgIpc) is 2.29. The van der Waals surface area contributed by atoms with Crippen LogP contribution in [0.4, 0.5) is 0 Å². The summed E-state index contributed by atoms with van der Waals surface area (Å²) in [5.74, 6) is 0.877. The maximum atomic E-state index is 8.98. The van der Waals surface area contributed by atoms with Gasteiger partial charge in [-0.15, -0.1) is 0 Å². The third kappa shape index (κ3) is 3.83. The molecule has 0 amide bonds. The minimum atomic E-state index is 0.203. The SMILES string of the molecule is COc1ccc(CN(CCO)C(C)C)cc1. The molecular formula is C13H21NO2. The monoisotopic (exact) mass is 223 g/mol. The first-order valence-corrected chi connectivity index (χ1v) is 5.65. The Labute approximate surface area is 97.7 Å². The molecule has 1 rings (SSSR count). The molecule has 0 fully saturated rings. The van der Waals surface area contributed by atoms with Gasteiger partial charge in [0.25, 0.3) is 0 Å². The molecule has 1 N–H and O–H groups in total. The van der Waals surface area contributed by atoms with E-state index in [1.54, 1.807) is 7.11 Å². The summed E-state index contributed by atoms with van der Waals surface area (Å²) in [6, 6.07) is 8.49. The van der Waals surface area contributed by atoms with Crippen molar-refractivity contribution in [3.05, 3.63) is 29.8 Å². The Morgan fingerprint density at radius 2 is 1.88 bits per heavy atom. The van der Waals surface area contributed by atoms with Crippen LogP contribution in [0.15, 0.2) is 24.3 Å². The molecule has 0 saturated heterocycles. The number of rotatable bonds is 6. The number of nitrogens with zero attached hydrogens (tertiary/aromatic N) is 1. The van der Waals surface area contributed by atoms with Gasteiger partial charge in [0.15, 0.2) is 0 Å². The third-order valence-electron chi connectivity index (χ3n) is 2.66. The molecule has 3 nitrogen and oxygen atoms in total. The van der Waals surface area contributed by atoms with Crippen molar-refractivity contribution < 1.29 is 9.84 Å². The van der Waals surface area contributed by atoms with Crippen LogP contribution in [0.5, 0.6) is 5.75 Å². The molecule has 0 atom stereocenters. The van der Waals surface area contributed by atoms with Crippen LogP contribution in [0.2, 0.25) is 0 Å². The van der Waals surface area contributed by atoms with Gasteiger partial charge in [-0.05, 0) is 31.5 Å². The second-order valence-electron chi connectivity index (χ2n) is 4.14. The van der Waals surface area contributed by atoms with E-state index in [2.05, 4.69) is 30.9 Å². The van der Waals surface area contributed by atoms with Crippen molar-refractivity contribution in [3.8, 4) is 5.75 Å². The van der Waals surface area contributed by atoms with Crippen molar-refractivity contribution in [2.75, 3.05) is 20.3 Å². The molecule has 0 aliphatic rings. The Balaban J connectivity index is 2.62. The van der Waals surface area contributed by atoms with Crippen molar-refractivity contribution in [2.45, 2.75) is 26.4 Å². The molecule has 0 unspecified atom stereocenters. The van der Waals surface area contributed by atoms with Gasteiger partial charge in [-0.3, -0.25) is 4.90 Å². The van der Waals surface area contributed by atoms with Crippen LogP contribution in [0.25, 0.3) is 0 Å². The van der Waals surface area contributed by atoms with Crippen molar-refractivity contribution in [2.24, 2.45) is 0 Å². The number of aliphatic hydroxyl groups excluding tert-OH is 1. The number of benzene rings is 1. The maximum Gasteiger partial charge on any atom is 0.118 e. The van der Waals surface area contributed by atoms with Crippen molar-refractivity contribution in [1.29, 1.82) is 0 Å². The molecule has 0 radical (unpaired) electrons. The summed E-state index contributed by atoms with van der Waals surface area (Å²) in [5, 5.41) is 8.98. The number of ether oxygens (including phenoxy) is 1. The van der Waals surface area contributed by atoms with Crippen LogP contribution < -0.4 is 4.74 Å². The zero-order chi connectivity index (χ0) is 12.0. The number of aliphatic hydroxyl groups is 1. The molecule has 1 aromatic rings. The predicted octanol–water partition coefficient (Wildman–Crippen LogP) is 1.90. The molecule has 0 aliphatic carbocycles. The topological polar surface area (TPSA) is 32.7 Å². The summed E-state index contributed by atoms with van der Waals surface area (Å²) < 4.78 is 5.12. The Hall–Kier alpha value is -1.06. The van der Waals surface area contributed by atoms with E-state index < -0.39 is 0 Å². The highest BCUT2D eigenvalue weighted by molar-refractivity contribution is 5.27. The van der Waals surface area contributed by atoms with Crippen molar-refractivity contribution in [3.63, 3.8) is 0 Å². The molecule has 0 heterocycles. The van der Waals surface area contributed by atoms with Gasteiger partial charge in [0, 0.05) is 19.1 Å². The second kappa shape index (κ2) is 6.51. The summed E-state index contributed by atoms with van der Waals surface area (Å²) in [6.07, 6.45) is 0. The second-order valence-corrected chi connectivity index (χ2v) is 4.14. The van der Waals surface area contributed by atoms with Gasteiger partial charge in [-0.1, -0.05) is 12.1 Å². The lowest BCUT2D eigenvalue weighted by molar-refractivity contribution is 0.159. The van der Waals surface area contributed by atoms with Crippen LogP contribution in [-0.4, -0.2) is 36.3 Å². The van der Waals surface area contributed by atoms with Gasteiger partial charge in [-0.2, -0.15) is 0 Å². The molecule has 3 heteroatoms. The zero-order valence-corrected chi connectivity index (χ0v) is 10.3. The van der Waals surface area contributed by atoms with E-state index in [4.69, 9.17) is 9.84 Å². The molecule has 0 spiro atoms. The quantitative estimate of drug-likeness (QED) is 0.799. The summed E-state index contributed by atoms with van der Waals surface area (Å²) in [6.45, 7) is 6.05. The van der Waals surface area contributed by atoms with Gasteiger partial charge in [0.1, 0.15) is 5.75 Å². The molecule has 0 saturated carbocycles. The van der Waals surface area contributed by atoms with Gasteiger partial charge in [0.2, 0.25) is 0 Å². The number of hydrogen-bond donors (Lipinski definition) is 1. The minimum absolute atomic E-state index is 0.203. The highest BCUT2D eigenvalue weighted by Crippen LogP contribution is 2.13. The molecule has 90 valence electrons. The average molecular weight is 223 g/mol. The lowest BCUT2D eigenvalue weighted by Gasteiger charge is -2.25. The van der Waals surface area contributed by atoms with E-state index in [-0.39, 0.29) is 6.61 Å². The fourth-order valence-electron chi connectivity index (χ4n) is 1.61. The molecule has 0 bridgehead atoms. The Morgan fingerprint density at radius 3 is 2.31 bits per heavy atom. The van der Waals surface area contributed by atoms with E-state index in [1.165, 1.54) is 5.56 Å². The maximum absolute atomic E-state index is 8.98. The van der Waals surface area contributed by atoms with Crippen molar-refractivity contribution >= 4 is 0 Å². The third-order valence-corrected chi connectivity index (χ3v) is 2.66. The van der Waals surface area contributed by atoms with E-state index in [0.717, 1.165) is 12.3 Å². The summed E-state index contributed by atoms with van der Waals surface area (Å²) >= 11 is 0. The smallest absolute Gasteiger partial charge is 0.118 e. The fourth-order valence-corrected chi connectivity index (χ4v) is 1.61. The highest BCUT2D eigenvalue weighted by atomic mass is 16.5. The van der Waals surface area contributed by atoms with Gasteiger partial charge in [0.05, 0.1) is 13.7 Å². The largest absolute Gasteiger partial charge is 0.497 e. The van der Waals surface area contributed by atoms with Crippen LogP contribution in [0.3, 0.4) is 0 Å². The zero-order valence-electron chi connectivity index (χ0n) is 10.3. The van der Waals surface area contributed by atoms with Crippen LogP contribution in [-0.2, 0) is 6.54 Å². The number of hydrogen-bond acceptors (Lipinski definition) is 3. The van der Waals surface area contributed by atoms with E-state index in [0.29, 0.717) is 12.6 Å². The summed E-state index contributed by atoms with van der Waals surface area (Å²) in [7, 11) is 1.67. The van der Waals surface area contributed by atoms with Crippen molar-refractivity contribution in [1.82, 2.24) is 4.90 Å². The summed E-state index contributed by atoms with van der Waals surface area (Å²) in [5.41, 5.74) is 1.24. The van der Waals surface area contributed by atoms with Gasteiger partial charge < -0.3 is 9.84 Å². The fraction of sp³-hybridized carbons (Fsp3) is 0.538. The van der Waals surface area contributed by atoms with Crippen LogP contribution in [0.1, 0.15) is 19.4 Å². The van der Waals surface area contributed by atoms with Gasteiger partial charge >= 0.3 is 0 Å². The Morgan fingerprint density at radius 1 is 1.25 bits per heavy atom. The first-order valence-electron chi connectivity index (χ1n) is 5.65. The summed E-state index contributed by atoms with van der Waals surface area (Å²) in [4.78, 5) is 2.24. The van der Waals surface area contributed by atoms with Crippen LogP contribution >= 0.6 is 0 Å². The highest BCUT2D eigenvalue weighted by Gasteiger charge is 2.09. The van der Waals surface area contributed by atoms with E-state index in [9.17, 15) is 0 Å². The number of methoxy groups -OCH3 is 1.